The Morgan fingerprint density at radius 1 is 1.04 bits per heavy atom. The molecule has 2 aromatic rings. The second kappa shape index (κ2) is 11.5. The Kier molecular flexibility index (Phi) is 9.69. The smallest absolute Gasteiger partial charge is 0.251 e. The summed E-state index contributed by atoms with van der Waals surface area (Å²) in [5, 5.41) is 5.86. The van der Waals surface area contributed by atoms with Gasteiger partial charge in [-0.05, 0) is 36.6 Å². The van der Waals surface area contributed by atoms with Crippen molar-refractivity contribution in [3.05, 3.63) is 71.3 Å². The summed E-state index contributed by atoms with van der Waals surface area (Å²) in [7, 11) is 0. The standard InChI is InChI=1S/C22H29N3O2.ClH/c1-4-15(2)25-22(27)19-12-8-9-17(13-19)14-24-21(26)16(3)20(23)18-10-6-5-7-11-18;/h5-13,15-16,20H,4,14,23H2,1-3H3,(H,24,26)(H,25,27);1H. The van der Waals surface area contributed by atoms with E-state index < -0.39 is 0 Å². The number of carbonyl (C=O) groups is 2. The summed E-state index contributed by atoms with van der Waals surface area (Å²) in [5.41, 5.74) is 8.62. The Morgan fingerprint density at radius 3 is 2.36 bits per heavy atom. The van der Waals surface area contributed by atoms with Crippen molar-refractivity contribution in [1.29, 1.82) is 0 Å². The maximum Gasteiger partial charge on any atom is 0.251 e. The fourth-order valence-corrected chi connectivity index (χ4v) is 2.71. The van der Waals surface area contributed by atoms with E-state index in [1.807, 2.05) is 63.2 Å². The number of nitrogens with two attached hydrogens (primary N) is 1. The maximum absolute atomic E-state index is 12.5. The Balaban J connectivity index is 0.00000392. The first kappa shape index (κ1) is 23.7. The lowest BCUT2D eigenvalue weighted by Crippen LogP contribution is -2.35. The first-order valence-corrected chi connectivity index (χ1v) is 9.40. The summed E-state index contributed by atoms with van der Waals surface area (Å²) in [6.07, 6.45) is 0.876. The quantitative estimate of drug-likeness (QED) is 0.629. The number of amides is 2. The molecule has 0 bridgehead atoms. The summed E-state index contributed by atoms with van der Waals surface area (Å²) in [5.74, 6) is -0.568. The van der Waals surface area contributed by atoms with Crippen LogP contribution in [0, 0.1) is 5.92 Å². The first-order valence-electron chi connectivity index (χ1n) is 9.40. The Labute approximate surface area is 173 Å². The molecule has 0 radical (unpaired) electrons. The predicted molar refractivity (Wildman–Crippen MR) is 115 cm³/mol. The van der Waals surface area contributed by atoms with Crippen LogP contribution in [-0.4, -0.2) is 17.9 Å². The second-order valence-corrected chi connectivity index (χ2v) is 6.93. The van der Waals surface area contributed by atoms with Crippen molar-refractivity contribution in [2.24, 2.45) is 11.7 Å². The molecule has 4 N–H and O–H groups in total. The molecule has 0 fully saturated rings. The van der Waals surface area contributed by atoms with E-state index in [9.17, 15) is 9.59 Å². The van der Waals surface area contributed by atoms with Gasteiger partial charge in [-0.2, -0.15) is 0 Å². The zero-order valence-electron chi connectivity index (χ0n) is 16.6. The molecule has 2 rings (SSSR count). The van der Waals surface area contributed by atoms with Crippen LogP contribution >= 0.6 is 12.4 Å². The van der Waals surface area contributed by atoms with E-state index in [0.29, 0.717) is 12.1 Å². The van der Waals surface area contributed by atoms with Gasteiger partial charge in [0.15, 0.2) is 0 Å². The van der Waals surface area contributed by atoms with Crippen LogP contribution in [0.5, 0.6) is 0 Å². The molecule has 0 saturated carbocycles. The zero-order chi connectivity index (χ0) is 19.8. The summed E-state index contributed by atoms with van der Waals surface area (Å²) in [6, 6.07) is 16.7. The lowest BCUT2D eigenvalue weighted by Gasteiger charge is -2.20. The lowest BCUT2D eigenvalue weighted by molar-refractivity contribution is -0.125. The summed E-state index contributed by atoms with van der Waals surface area (Å²) >= 11 is 0. The van der Waals surface area contributed by atoms with E-state index in [1.165, 1.54) is 0 Å². The third-order valence-corrected chi connectivity index (χ3v) is 4.78. The van der Waals surface area contributed by atoms with Crippen LogP contribution in [0.2, 0.25) is 0 Å². The van der Waals surface area contributed by atoms with Crippen molar-refractivity contribution in [2.45, 2.75) is 45.8 Å². The highest BCUT2D eigenvalue weighted by Crippen LogP contribution is 2.19. The fourth-order valence-electron chi connectivity index (χ4n) is 2.71. The van der Waals surface area contributed by atoms with Gasteiger partial charge in [0, 0.05) is 24.2 Å². The van der Waals surface area contributed by atoms with Crippen LogP contribution in [0.25, 0.3) is 0 Å². The van der Waals surface area contributed by atoms with E-state index in [2.05, 4.69) is 10.6 Å². The van der Waals surface area contributed by atoms with Crippen molar-refractivity contribution in [1.82, 2.24) is 10.6 Å². The number of nitrogens with one attached hydrogen (secondary N) is 2. The van der Waals surface area contributed by atoms with Crippen molar-refractivity contribution in [2.75, 3.05) is 0 Å². The number of hydrogen-bond donors (Lipinski definition) is 3. The number of carbonyl (C=O) groups excluding carboxylic acids is 2. The molecular formula is C22H30ClN3O2. The number of rotatable bonds is 8. The molecule has 3 unspecified atom stereocenters. The molecule has 0 aliphatic carbocycles. The highest BCUT2D eigenvalue weighted by atomic mass is 35.5. The number of halogens is 1. The first-order chi connectivity index (χ1) is 12.9. The van der Waals surface area contributed by atoms with Gasteiger partial charge in [-0.1, -0.05) is 56.3 Å². The molecule has 0 saturated heterocycles. The maximum atomic E-state index is 12.5. The lowest BCUT2D eigenvalue weighted by atomic mass is 9.94. The molecule has 0 heterocycles. The number of benzene rings is 2. The van der Waals surface area contributed by atoms with Crippen LogP contribution in [-0.2, 0) is 11.3 Å². The van der Waals surface area contributed by atoms with Gasteiger partial charge < -0.3 is 16.4 Å². The summed E-state index contributed by atoms with van der Waals surface area (Å²) in [4.78, 5) is 24.7. The molecule has 5 nitrogen and oxygen atoms in total. The van der Waals surface area contributed by atoms with Gasteiger partial charge in [0.05, 0.1) is 5.92 Å². The zero-order valence-corrected chi connectivity index (χ0v) is 17.5. The van der Waals surface area contributed by atoms with Crippen LogP contribution in [0.3, 0.4) is 0 Å². The predicted octanol–water partition coefficient (Wildman–Crippen LogP) is 3.59. The minimum Gasteiger partial charge on any atom is -0.352 e. The van der Waals surface area contributed by atoms with Crippen LogP contribution in [0.15, 0.2) is 54.6 Å². The average molecular weight is 404 g/mol. The van der Waals surface area contributed by atoms with E-state index in [-0.39, 0.29) is 42.2 Å². The van der Waals surface area contributed by atoms with Crippen LogP contribution in [0.1, 0.15) is 54.7 Å². The number of hydrogen-bond acceptors (Lipinski definition) is 3. The van der Waals surface area contributed by atoms with Gasteiger partial charge in [0.1, 0.15) is 0 Å². The molecule has 3 atom stereocenters. The van der Waals surface area contributed by atoms with Gasteiger partial charge in [0.2, 0.25) is 5.91 Å². The fraction of sp³-hybridized carbons (Fsp3) is 0.364. The molecule has 2 aromatic carbocycles. The van der Waals surface area contributed by atoms with Crippen molar-refractivity contribution in [3.63, 3.8) is 0 Å². The van der Waals surface area contributed by atoms with Crippen molar-refractivity contribution < 1.29 is 9.59 Å². The third kappa shape index (κ3) is 6.66. The monoisotopic (exact) mass is 403 g/mol. The molecule has 0 aromatic heterocycles. The van der Waals surface area contributed by atoms with Gasteiger partial charge >= 0.3 is 0 Å². The molecule has 0 aliphatic rings. The highest BCUT2D eigenvalue weighted by Gasteiger charge is 2.21. The SMILES string of the molecule is CCC(C)NC(=O)c1cccc(CNC(=O)C(C)C(N)c2ccccc2)c1.Cl. The second-order valence-electron chi connectivity index (χ2n) is 6.93. The van der Waals surface area contributed by atoms with E-state index in [1.54, 1.807) is 12.1 Å². The largest absolute Gasteiger partial charge is 0.352 e. The summed E-state index contributed by atoms with van der Waals surface area (Å²) in [6.45, 7) is 6.18. The van der Waals surface area contributed by atoms with Crippen LogP contribution < -0.4 is 16.4 Å². The Morgan fingerprint density at radius 2 is 1.71 bits per heavy atom. The van der Waals surface area contributed by atoms with E-state index in [4.69, 9.17) is 5.73 Å². The molecule has 28 heavy (non-hydrogen) atoms. The minimum atomic E-state index is -0.362. The van der Waals surface area contributed by atoms with E-state index in [0.717, 1.165) is 17.5 Å². The molecule has 0 aliphatic heterocycles. The molecule has 6 heteroatoms. The Hall–Kier alpha value is -2.37. The average Bonchev–Trinajstić information content (AvgIpc) is 2.71. The highest BCUT2D eigenvalue weighted by molar-refractivity contribution is 5.94. The molecule has 152 valence electrons. The Bertz CT molecular complexity index is 767. The topological polar surface area (TPSA) is 84.2 Å². The van der Waals surface area contributed by atoms with E-state index >= 15 is 0 Å². The molecular weight excluding hydrogens is 374 g/mol. The van der Waals surface area contributed by atoms with Gasteiger partial charge in [-0.3, -0.25) is 9.59 Å². The summed E-state index contributed by atoms with van der Waals surface area (Å²) < 4.78 is 0. The van der Waals surface area contributed by atoms with Crippen molar-refractivity contribution in [3.8, 4) is 0 Å². The van der Waals surface area contributed by atoms with Gasteiger partial charge in [0.25, 0.3) is 5.91 Å². The van der Waals surface area contributed by atoms with Gasteiger partial charge in [-0.15, -0.1) is 12.4 Å². The minimum absolute atomic E-state index is 0. The normalized spacial score (nSPS) is 13.6. The molecule has 0 spiro atoms. The third-order valence-electron chi connectivity index (χ3n) is 4.78. The van der Waals surface area contributed by atoms with Crippen LogP contribution in [0.4, 0.5) is 0 Å². The van der Waals surface area contributed by atoms with Gasteiger partial charge in [-0.25, -0.2) is 0 Å². The van der Waals surface area contributed by atoms with Crippen molar-refractivity contribution >= 4 is 24.2 Å². The molecule has 2 amide bonds.